The maximum atomic E-state index is 13.5. The summed E-state index contributed by atoms with van der Waals surface area (Å²) in [5.74, 6) is -0.312. The average molecular weight is 457 g/mol. The lowest BCUT2D eigenvalue weighted by atomic mass is 9.73. The number of halogens is 4. The molecule has 4 nitrogen and oxygen atoms in total. The van der Waals surface area contributed by atoms with Crippen molar-refractivity contribution < 1.29 is 22.3 Å². The quantitative estimate of drug-likeness (QED) is 0.393. The second-order valence-corrected chi connectivity index (χ2v) is 8.61. The van der Waals surface area contributed by atoms with Gasteiger partial charge in [0.25, 0.3) is 0 Å². The van der Waals surface area contributed by atoms with Crippen LogP contribution in [0.25, 0.3) is 11.4 Å². The lowest BCUT2D eigenvalue weighted by Crippen LogP contribution is -2.43. The van der Waals surface area contributed by atoms with E-state index in [2.05, 4.69) is 9.88 Å². The highest BCUT2D eigenvalue weighted by molar-refractivity contribution is 6.08. The number of hydrogen-bond donors (Lipinski definition) is 0. The second kappa shape index (κ2) is 9.31. The van der Waals surface area contributed by atoms with Crippen LogP contribution in [0.3, 0.4) is 0 Å². The van der Waals surface area contributed by atoms with E-state index in [1.54, 1.807) is 30.5 Å². The molecule has 0 amide bonds. The third-order valence-corrected chi connectivity index (χ3v) is 6.28. The molecular formula is C24H24BF4N3O. The van der Waals surface area contributed by atoms with Crippen molar-refractivity contribution in [3.8, 4) is 11.4 Å². The summed E-state index contributed by atoms with van der Waals surface area (Å²) < 4.78 is 61.2. The number of benzene rings is 1. The molecule has 0 bridgehead atoms. The van der Waals surface area contributed by atoms with Gasteiger partial charge in [0.1, 0.15) is 5.82 Å². The maximum absolute atomic E-state index is 13.5. The van der Waals surface area contributed by atoms with Gasteiger partial charge in [-0.3, -0.25) is 0 Å². The Bertz CT molecular complexity index is 1090. The topological polar surface area (TPSA) is 30.3 Å². The molecule has 0 spiro atoms. The van der Waals surface area contributed by atoms with Crippen LogP contribution >= 0.6 is 0 Å². The van der Waals surface area contributed by atoms with Crippen molar-refractivity contribution in [3.05, 3.63) is 77.4 Å². The third-order valence-electron chi connectivity index (χ3n) is 6.28. The Balaban J connectivity index is 1.57. The largest absolute Gasteiger partial charge is 0.416 e. The minimum absolute atomic E-state index is 0.0824. The predicted molar refractivity (Wildman–Crippen MR) is 118 cm³/mol. The number of hydrogen-bond acceptors (Lipinski definition) is 3. The van der Waals surface area contributed by atoms with E-state index in [9.17, 15) is 17.6 Å². The summed E-state index contributed by atoms with van der Waals surface area (Å²) in [5, 5.41) is 0. The second-order valence-electron chi connectivity index (χ2n) is 8.61. The summed E-state index contributed by atoms with van der Waals surface area (Å²) in [4.78, 5) is 6.58. The van der Waals surface area contributed by atoms with E-state index in [0.29, 0.717) is 12.3 Å². The van der Waals surface area contributed by atoms with Crippen LogP contribution in [0.4, 0.5) is 17.6 Å². The molecule has 3 heterocycles. The molecule has 0 atom stereocenters. The number of pyridine rings is 1. The number of rotatable bonds is 6. The first-order valence-electron chi connectivity index (χ1n) is 10.7. The van der Waals surface area contributed by atoms with E-state index in [1.165, 1.54) is 16.6 Å². The van der Waals surface area contributed by atoms with Gasteiger partial charge < -0.3 is 14.1 Å². The van der Waals surface area contributed by atoms with Crippen molar-refractivity contribution in [2.45, 2.75) is 31.0 Å². The number of piperidine rings is 1. The normalized spacial score (nSPS) is 16.8. The van der Waals surface area contributed by atoms with E-state index >= 15 is 0 Å². The van der Waals surface area contributed by atoms with Crippen molar-refractivity contribution in [1.29, 1.82) is 0 Å². The summed E-state index contributed by atoms with van der Waals surface area (Å²) in [6.07, 6.45) is -1.38. The van der Waals surface area contributed by atoms with E-state index in [1.807, 2.05) is 7.05 Å². The van der Waals surface area contributed by atoms with Gasteiger partial charge >= 0.3 is 6.18 Å². The van der Waals surface area contributed by atoms with Crippen molar-refractivity contribution in [2.75, 3.05) is 26.7 Å². The molecule has 2 radical (unpaired) electrons. The van der Waals surface area contributed by atoms with E-state index in [0.717, 1.165) is 43.6 Å². The van der Waals surface area contributed by atoms with Crippen molar-refractivity contribution in [2.24, 2.45) is 0 Å². The van der Waals surface area contributed by atoms with Crippen LogP contribution in [-0.4, -0.2) is 49.1 Å². The number of ether oxygens (including phenoxy) is 1. The molecule has 0 unspecified atom stereocenters. The zero-order chi connectivity index (χ0) is 23.6. The molecule has 0 N–H and O–H groups in total. The van der Waals surface area contributed by atoms with Crippen LogP contribution in [0, 0.1) is 5.82 Å². The number of nitrogens with zero attached hydrogens (tertiary/aromatic N) is 3. The van der Waals surface area contributed by atoms with Crippen LogP contribution in [-0.2, 0) is 22.9 Å². The van der Waals surface area contributed by atoms with Crippen molar-refractivity contribution in [3.63, 3.8) is 0 Å². The van der Waals surface area contributed by atoms with Gasteiger partial charge in [-0.15, -0.1) is 0 Å². The fourth-order valence-corrected chi connectivity index (χ4v) is 4.28. The number of likely N-dealkylation sites (tertiary alicyclic amines) is 1. The van der Waals surface area contributed by atoms with Gasteiger partial charge in [0.05, 0.1) is 35.9 Å². The summed E-state index contributed by atoms with van der Waals surface area (Å²) in [6.45, 7) is 1.91. The van der Waals surface area contributed by atoms with Crippen molar-refractivity contribution in [1.82, 2.24) is 14.4 Å². The molecule has 1 aliphatic rings. The van der Waals surface area contributed by atoms with E-state index in [4.69, 9.17) is 12.7 Å². The first-order valence-corrected chi connectivity index (χ1v) is 10.7. The Kier molecular flexibility index (Phi) is 6.63. The molecule has 172 valence electrons. The fourth-order valence-electron chi connectivity index (χ4n) is 4.28. The molecule has 0 aliphatic carbocycles. The van der Waals surface area contributed by atoms with Gasteiger partial charge in [-0.1, -0.05) is 12.1 Å². The van der Waals surface area contributed by atoms with Gasteiger partial charge in [0.2, 0.25) is 7.98 Å². The Morgan fingerprint density at radius 3 is 2.39 bits per heavy atom. The minimum Gasteiger partial charge on any atom is -0.402 e. The van der Waals surface area contributed by atoms with E-state index < -0.39 is 11.7 Å². The van der Waals surface area contributed by atoms with Crippen LogP contribution < -0.4 is 0 Å². The lowest BCUT2D eigenvalue weighted by molar-refractivity contribution is -0.137. The Morgan fingerprint density at radius 2 is 1.79 bits per heavy atom. The zero-order valence-electron chi connectivity index (χ0n) is 18.3. The average Bonchev–Trinajstić information content (AvgIpc) is 3.21. The smallest absolute Gasteiger partial charge is 0.402 e. The SMILES string of the molecule is [B]n1cccc1-c1cc(C(F)(F)F)cc(COCC2(c3ccc(F)cc3)CCN(C)CC2)n1. The first kappa shape index (κ1) is 23.5. The van der Waals surface area contributed by atoms with Crippen LogP contribution in [0.15, 0.2) is 54.7 Å². The van der Waals surface area contributed by atoms with Crippen LogP contribution in [0.5, 0.6) is 0 Å². The predicted octanol–water partition coefficient (Wildman–Crippen LogP) is 4.82. The lowest BCUT2D eigenvalue weighted by Gasteiger charge is -2.41. The summed E-state index contributed by atoms with van der Waals surface area (Å²) in [7, 11) is 7.86. The van der Waals surface area contributed by atoms with Gasteiger partial charge in [-0.2, -0.15) is 13.2 Å². The Hall–Kier alpha value is -2.65. The number of alkyl halides is 3. The highest BCUT2D eigenvalue weighted by Gasteiger charge is 2.36. The molecule has 1 saturated heterocycles. The van der Waals surface area contributed by atoms with Gasteiger partial charge in [0, 0.05) is 5.41 Å². The summed E-state index contributed by atoms with van der Waals surface area (Å²) in [6, 6.07) is 11.6. The molecule has 1 aliphatic heterocycles. The number of aromatic nitrogens is 2. The molecule has 9 heteroatoms. The molecule has 4 rings (SSSR count). The van der Waals surface area contributed by atoms with Gasteiger partial charge in [0.15, 0.2) is 0 Å². The van der Waals surface area contributed by atoms with Gasteiger partial charge in [-0.25, -0.2) is 9.37 Å². The molecule has 1 fully saturated rings. The molecular weight excluding hydrogens is 433 g/mol. The highest BCUT2D eigenvalue weighted by Crippen LogP contribution is 2.36. The summed E-state index contributed by atoms with van der Waals surface area (Å²) >= 11 is 0. The summed E-state index contributed by atoms with van der Waals surface area (Å²) in [5.41, 5.74) is 0.499. The molecule has 33 heavy (non-hydrogen) atoms. The first-order chi connectivity index (χ1) is 15.7. The fraction of sp³-hybridized carbons (Fsp3) is 0.375. The highest BCUT2D eigenvalue weighted by atomic mass is 19.4. The van der Waals surface area contributed by atoms with Crippen molar-refractivity contribution >= 4 is 7.98 Å². The molecule has 0 saturated carbocycles. The van der Waals surface area contributed by atoms with Gasteiger partial charge in [-0.05, 0) is 81.1 Å². The van der Waals surface area contributed by atoms with Crippen LogP contribution in [0.1, 0.15) is 29.7 Å². The third kappa shape index (κ3) is 5.30. The standard InChI is InChI=1S/C24H24BF4N3O/c1-31-11-8-23(9-12-31,17-4-6-19(26)7-5-17)16-33-15-20-13-18(24(27,28)29)14-21(30-20)22-3-2-10-32(22)25/h2-7,10,13-14H,8-9,11-12,15-16H2,1H3. The monoisotopic (exact) mass is 457 g/mol. The molecule has 3 aromatic rings. The maximum Gasteiger partial charge on any atom is 0.416 e. The van der Waals surface area contributed by atoms with Crippen LogP contribution in [0.2, 0.25) is 0 Å². The Morgan fingerprint density at radius 1 is 1.09 bits per heavy atom. The Labute approximate surface area is 191 Å². The minimum atomic E-state index is -4.53. The molecule has 1 aromatic carbocycles. The zero-order valence-corrected chi connectivity index (χ0v) is 18.3. The molecule has 2 aromatic heterocycles. The van der Waals surface area contributed by atoms with E-state index in [-0.39, 0.29) is 29.2 Å².